The van der Waals surface area contributed by atoms with Crippen molar-refractivity contribution in [1.29, 1.82) is 0 Å². The number of carbonyl (C=O) groups is 1. The molecule has 0 aromatic carbocycles. The molecule has 0 aromatic rings. The highest BCUT2D eigenvalue weighted by molar-refractivity contribution is 7.79. The monoisotopic (exact) mass is 226 g/mol. The summed E-state index contributed by atoms with van der Waals surface area (Å²) in [5.41, 5.74) is 0. The number of hydrogen-bond acceptors (Lipinski definition) is 4. The standard InChI is InChI=1S/C7H12O2.H2O4S/c1-3-5-6-9-7(8)4-2;1-5(2,3)4/h4H,2-3,5-6H2,1H3;(H2,1,2,3,4). The third-order valence-electron chi connectivity index (χ3n) is 0.909. The molecule has 0 aliphatic carbocycles. The van der Waals surface area contributed by atoms with E-state index in [4.69, 9.17) is 17.5 Å². The molecule has 0 atom stereocenters. The van der Waals surface area contributed by atoms with E-state index in [9.17, 15) is 4.79 Å². The van der Waals surface area contributed by atoms with E-state index in [-0.39, 0.29) is 5.97 Å². The van der Waals surface area contributed by atoms with Crippen molar-refractivity contribution in [1.82, 2.24) is 0 Å². The van der Waals surface area contributed by atoms with E-state index in [0.717, 1.165) is 12.8 Å². The zero-order valence-electron chi connectivity index (χ0n) is 7.84. The number of carbonyl (C=O) groups excluding carboxylic acids is 1. The maximum Gasteiger partial charge on any atom is 0.394 e. The van der Waals surface area contributed by atoms with E-state index in [2.05, 4.69) is 11.3 Å². The van der Waals surface area contributed by atoms with Crippen LogP contribution in [-0.4, -0.2) is 30.1 Å². The summed E-state index contributed by atoms with van der Waals surface area (Å²) in [6.45, 7) is 5.82. The highest BCUT2D eigenvalue weighted by atomic mass is 32.3. The summed E-state index contributed by atoms with van der Waals surface area (Å²) in [6.07, 6.45) is 3.15. The van der Waals surface area contributed by atoms with Gasteiger partial charge in [0.2, 0.25) is 0 Å². The van der Waals surface area contributed by atoms with Crippen molar-refractivity contribution in [2.75, 3.05) is 6.61 Å². The lowest BCUT2D eigenvalue weighted by Gasteiger charge is -1.97. The molecule has 0 bridgehead atoms. The molecule has 0 saturated carbocycles. The van der Waals surface area contributed by atoms with E-state index in [0.29, 0.717) is 6.61 Å². The summed E-state index contributed by atoms with van der Waals surface area (Å²) >= 11 is 0. The lowest BCUT2D eigenvalue weighted by atomic mass is 10.4. The Morgan fingerprint density at radius 2 is 1.93 bits per heavy atom. The van der Waals surface area contributed by atoms with Crippen molar-refractivity contribution >= 4 is 16.4 Å². The van der Waals surface area contributed by atoms with Crippen LogP contribution in [0, 0.1) is 0 Å². The second kappa shape index (κ2) is 8.67. The maximum atomic E-state index is 10.3. The van der Waals surface area contributed by atoms with Gasteiger partial charge in [-0.15, -0.1) is 0 Å². The van der Waals surface area contributed by atoms with Crippen LogP contribution in [0.5, 0.6) is 0 Å². The highest BCUT2D eigenvalue weighted by Crippen LogP contribution is 1.88. The van der Waals surface area contributed by atoms with Crippen LogP contribution in [-0.2, 0) is 19.9 Å². The van der Waals surface area contributed by atoms with Gasteiger partial charge in [0.05, 0.1) is 6.61 Å². The van der Waals surface area contributed by atoms with E-state index < -0.39 is 10.4 Å². The van der Waals surface area contributed by atoms with Crippen LogP contribution in [0.25, 0.3) is 0 Å². The Kier molecular flexibility index (Phi) is 9.63. The van der Waals surface area contributed by atoms with Crippen molar-refractivity contribution in [3.63, 3.8) is 0 Å². The minimum Gasteiger partial charge on any atom is -0.463 e. The van der Waals surface area contributed by atoms with Crippen LogP contribution in [0.1, 0.15) is 19.8 Å². The summed E-state index contributed by atoms with van der Waals surface area (Å²) in [6, 6.07) is 0. The van der Waals surface area contributed by atoms with Crippen LogP contribution in [0.2, 0.25) is 0 Å². The fourth-order valence-corrected chi connectivity index (χ4v) is 0.376. The van der Waals surface area contributed by atoms with Crippen molar-refractivity contribution in [3.05, 3.63) is 12.7 Å². The first kappa shape index (κ1) is 15.5. The van der Waals surface area contributed by atoms with Gasteiger partial charge in [0.1, 0.15) is 0 Å². The predicted molar refractivity (Wildman–Crippen MR) is 50.2 cm³/mol. The number of esters is 1. The van der Waals surface area contributed by atoms with Crippen molar-refractivity contribution in [2.24, 2.45) is 0 Å². The molecule has 84 valence electrons. The number of hydrogen-bond donors (Lipinski definition) is 2. The minimum absolute atomic E-state index is 0.330. The molecule has 14 heavy (non-hydrogen) atoms. The van der Waals surface area contributed by atoms with E-state index >= 15 is 0 Å². The normalized spacial score (nSPS) is 9.64. The summed E-state index contributed by atoms with van der Waals surface area (Å²) in [7, 11) is -4.67. The molecule has 7 heteroatoms. The summed E-state index contributed by atoms with van der Waals surface area (Å²) in [4.78, 5) is 10.3. The number of rotatable bonds is 4. The molecule has 0 unspecified atom stereocenters. The number of ether oxygens (including phenoxy) is 1. The minimum atomic E-state index is -4.67. The molecule has 0 aliphatic rings. The van der Waals surface area contributed by atoms with Gasteiger partial charge < -0.3 is 4.74 Å². The van der Waals surface area contributed by atoms with Gasteiger partial charge >= 0.3 is 16.4 Å². The van der Waals surface area contributed by atoms with Gasteiger partial charge in [-0.2, -0.15) is 8.42 Å². The van der Waals surface area contributed by atoms with Crippen LogP contribution in [0.3, 0.4) is 0 Å². The Balaban J connectivity index is 0. The topological polar surface area (TPSA) is 101 Å². The fourth-order valence-electron chi connectivity index (χ4n) is 0.376. The van der Waals surface area contributed by atoms with Crippen LogP contribution >= 0.6 is 0 Å². The first-order valence-electron chi connectivity index (χ1n) is 3.80. The molecule has 0 radical (unpaired) electrons. The van der Waals surface area contributed by atoms with Gasteiger partial charge in [-0.3, -0.25) is 9.11 Å². The van der Waals surface area contributed by atoms with Gasteiger partial charge in [0, 0.05) is 6.08 Å². The molecule has 0 amide bonds. The average molecular weight is 226 g/mol. The van der Waals surface area contributed by atoms with Gasteiger partial charge in [-0.1, -0.05) is 19.9 Å². The van der Waals surface area contributed by atoms with E-state index in [1.807, 2.05) is 6.92 Å². The van der Waals surface area contributed by atoms with Crippen molar-refractivity contribution in [3.8, 4) is 0 Å². The van der Waals surface area contributed by atoms with Crippen LogP contribution in [0.15, 0.2) is 12.7 Å². The molecule has 0 aromatic heterocycles. The van der Waals surface area contributed by atoms with Gasteiger partial charge in [-0.05, 0) is 6.42 Å². The zero-order chi connectivity index (χ0) is 11.6. The number of unbranched alkanes of at least 4 members (excludes halogenated alkanes) is 1. The second-order valence-corrected chi connectivity index (χ2v) is 3.07. The molecule has 2 N–H and O–H groups in total. The lowest BCUT2D eigenvalue weighted by Crippen LogP contribution is -2.00. The van der Waals surface area contributed by atoms with Gasteiger partial charge in [0.25, 0.3) is 0 Å². The Labute approximate surface area is 83.2 Å². The first-order valence-corrected chi connectivity index (χ1v) is 5.20. The second-order valence-electron chi connectivity index (χ2n) is 2.17. The zero-order valence-corrected chi connectivity index (χ0v) is 8.66. The molecule has 0 saturated heterocycles. The van der Waals surface area contributed by atoms with Crippen LogP contribution < -0.4 is 0 Å². The van der Waals surface area contributed by atoms with E-state index in [1.165, 1.54) is 6.08 Å². The largest absolute Gasteiger partial charge is 0.463 e. The summed E-state index contributed by atoms with van der Waals surface area (Å²) < 4.78 is 36.3. The molecular weight excluding hydrogens is 212 g/mol. The molecule has 0 heterocycles. The Bertz CT molecular complexity index is 247. The molecule has 0 spiro atoms. The Morgan fingerprint density at radius 1 is 1.50 bits per heavy atom. The smallest absolute Gasteiger partial charge is 0.394 e. The highest BCUT2D eigenvalue weighted by Gasteiger charge is 1.91. The van der Waals surface area contributed by atoms with Crippen molar-refractivity contribution in [2.45, 2.75) is 19.8 Å². The van der Waals surface area contributed by atoms with Gasteiger partial charge in [-0.25, -0.2) is 4.79 Å². The predicted octanol–water partition coefficient (Wildman–Crippen LogP) is 0.863. The molecule has 0 aliphatic heterocycles. The third kappa shape index (κ3) is 30.5. The van der Waals surface area contributed by atoms with Crippen molar-refractivity contribution < 1.29 is 27.1 Å². The lowest BCUT2D eigenvalue weighted by molar-refractivity contribution is -0.137. The Hall–Kier alpha value is -0.920. The maximum absolute atomic E-state index is 10.3. The summed E-state index contributed by atoms with van der Waals surface area (Å²) in [5.74, 6) is -0.330. The quantitative estimate of drug-likeness (QED) is 0.319. The molecular formula is C7H14O6S. The third-order valence-corrected chi connectivity index (χ3v) is 0.909. The Morgan fingerprint density at radius 3 is 2.21 bits per heavy atom. The molecule has 0 rings (SSSR count). The van der Waals surface area contributed by atoms with Crippen LogP contribution in [0.4, 0.5) is 0 Å². The molecule has 6 nitrogen and oxygen atoms in total. The first-order chi connectivity index (χ1) is 6.31. The fraction of sp³-hybridized carbons (Fsp3) is 0.571. The van der Waals surface area contributed by atoms with Gasteiger partial charge in [0.15, 0.2) is 0 Å². The SMILES string of the molecule is C=CC(=O)OCCCC.O=S(=O)(O)O. The van der Waals surface area contributed by atoms with E-state index in [1.54, 1.807) is 0 Å². The molecule has 0 fully saturated rings. The average Bonchev–Trinajstić information content (AvgIpc) is 2.01. The summed E-state index contributed by atoms with van der Waals surface area (Å²) in [5, 5.41) is 0.